The number of rotatable bonds is 13. The molecule has 9 nitrogen and oxygen atoms in total. The number of carboxylic acid groups (broad SMARTS) is 1. The Hall–Kier alpha value is -3.60. The van der Waals surface area contributed by atoms with Gasteiger partial charge in [-0.1, -0.05) is 73.7 Å². The first-order valence-electron chi connectivity index (χ1n) is 14.7. The predicted molar refractivity (Wildman–Crippen MR) is 163 cm³/mol. The van der Waals surface area contributed by atoms with E-state index in [0.717, 1.165) is 22.3 Å². The molecule has 0 aliphatic carbocycles. The van der Waals surface area contributed by atoms with Crippen LogP contribution in [0.15, 0.2) is 78.9 Å². The molecule has 0 saturated carbocycles. The predicted octanol–water partition coefficient (Wildman–Crippen LogP) is 5.22. The van der Waals surface area contributed by atoms with E-state index in [4.69, 9.17) is 14.6 Å². The highest BCUT2D eigenvalue weighted by atomic mass is 16.7. The Morgan fingerprint density at radius 2 is 1.67 bits per heavy atom. The number of benzene rings is 3. The van der Waals surface area contributed by atoms with E-state index in [-0.39, 0.29) is 55.9 Å². The molecule has 6 unspecified atom stereocenters. The summed E-state index contributed by atoms with van der Waals surface area (Å²) in [5.41, 5.74) is 3.93. The fraction of sp³-hybridized carbons (Fsp3) is 0.412. The first-order valence-corrected chi connectivity index (χ1v) is 14.7. The van der Waals surface area contributed by atoms with Crippen molar-refractivity contribution in [2.45, 2.75) is 70.4 Å². The first kappa shape index (κ1) is 32.3. The van der Waals surface area contributed by atoms with E-state index in [9.17, 15) is 19.8 Å². The van der Waals surface area contributed by atoms with Crippen LogP contribution in [0.25, 0.3) is 0 Å². The smallest absolute Gasteiger partial charge is 0.303 e. The summed E-state index contributed by atoms with van der Waals surface area (Å²) < 4.78 is 13.1. The quantitative estimate of drug-likeness (QED) is 0.213. The Labute approximate surface area is 253 Å². The Morgan fingerprint density at radius 3 is 2.35 bits per heavy atom. The van der Waals surface area contributed by atoms with Crippen molar-refractivity contribution in [1.29, 1.82) is 0 Å². The molecule has 1 amide bonds. The number of ether oxygens (including phenoxy) is 2. The number of carbonyl (C=O) groups is 2. The van der Waals surface area contributed by atoms with Gasteiger partial charge in [-0.2, -0.15) is 0 Å². The number of likely N-dealkylation sites (N-methyl/N-ethyl adjacent to an activating group) is 1. The normalized spacial score (nSPS) is 21.7. The summed E-state index contributed by atoms with van der Waals surface area (Å²) in [6.07, 6.45) is -1.66. The summed E-state index contributed by atoms with van der Waals surface area (Å²) >= 11 is 0. The van der Waals surface area contributed by atoms with Gasteiger partial charge in [0.2, 0.25) is 5.91 Å². The van der Waals surface area contributed by atoms with E-state index in [2.05, 4.69) is 17.1 Å². The highest BCUT2D eigenvalue weighted by molar-refractivity contribution is 5.90. The third-order valence-corrected chi connectivity index (χ3v) is 8.12. The standard InChI is InChI=1S/C34H42N2O7/c1-22-29(20-36(3)23(2)32(41)25-9-5-4-6-10-25)42-34(43-33(22)26-17-15-24(21-37)16-18-26)27-11-7-12-28(19-27)35-30(38)13-8-14-31(39)40/h4-7,9-12,15-19,22-23,29,32-34,37,41H,8,13-14,20-21H2,1-3H3,(H,35,38)(H,39,40). The Kier molecular flexibility index (Phi) is 11.4. The van der Waals surface area contributed by atoms with E-state index in [1.54, 1.807) is 6.07 Å². The van der Waals surface area contributed by atoms with Crippen LogP contribution < -0.4 is 5.32 Å². The molecular formula is C34H42N2O7. The summed E-state index contributed by atoms with van der Waals surface area (Å²) in [6, 6.07) is 24.4. The molecule has 1 heterocycles. The van der Waals surface area contributed by atoms with Crippen LogP contribution >= 0.6 is 0 Å². The average molecular weight is 591 g/mol. The summed E-state index contributed by atoms with van der Waals surface area (Å²) in [7, 11) is 1.98. The summed E-state index contributed by atoms with van der Waals surface area (Å²) in [5, 5.41) is 32.3. The van der Waals surface area contributed by atoms with Crippen LogP contribution in [-0.4, -0.2) is 57.8 Å². The second kappa shape index (κ2) is 15.2. The lowest BCUT2D eigenvalue weighted by Gasteiger charge is -2.43. The largest absolute Gasteiger partial charge is 0.481 e. The SMILES string of the molecule is CC1C(CN(C)C(C)C(O)c2ccccc2)OC(c2cccc(NC(=O)CCCC(=O)O)c2)OC1c1ccc(CO)cc1. The number of aliphatic hydroxyl groups excluding tert-OH is 2. The maximum absolute atomic E-state index is 12.4. The van der Waals surface area contributed by atoms with Crippen molar-refractivity contribution < 1.29 is 34.4 Å². The molecule has 1 aliphatic rings. The first-order chi connectivity index (χ1) is 20.7. The van der Waals surface area contributed by atoms with Gasteiger partial charge in [0.1, 0.15) is 0 Å². The molecule has 4 rings (SSSR count). The number of hydrogen-bond donors (Lipinski definition) is 4. The van der Waals surface area contributed by atoms with Gasteiger partial charge in [0.05, 0.1) is 24.9 Å². The van der Waals surface area contributed by atoms with E-state index in [1.807, 2.05) is 86.8 Å². The number of hydrogen-bond acceptors (Lipinski definition) is 7. The third-order valence-electron chi connectivity index (χ3n) is 8.12. The average Bonchev–Trinajstić information content (AvgIpc) is 3.01. The van der Waals surface area contributed by atoms with Gasteiger partial charge in [0.25, 0.3) is 0 Å². The molecule has 3 aromatic carbocycles. The van der Waals surface area contributed by atoms with Gasteiger partial charge >= 0.3 is 5.97 Å². The summed E-state index contributed by atoms with van der Waals surface area (Å²) in [4.78, 5) is 25.3. The summed E-state index contributed by atoms with van der Waals surface area (Å²) in [5.74, 6) is -1.23. The lowest BCUT2D eigenvalue weighted by molar-refractivity contribution is -0.276. The maximum Gasteiger partial charge on any atom is 0.303 e. The van der Waals surface area contributed by atoms with E-state index < -0.39 is 18.4 Å². The second-order valence-electron chi connectivity index (χ2n) is 11.3. The molecule has 0 aromatic heterocycles. The zero-order valence-electron chi connectivity index (χ0n) is 24.9. The summed E-state index contributed by atoms with van der Waals surface area (Å²) in [6.45, 7) is 4.58. The van der Waals surface area contributed by atoms with Gasteiger partial charge in [-0.05, 0) is 49.2 Å². The van der Waals surface area contributed by atoms with Crippen molar-refractivity contribution in [3.63, 3.8) is 0 Å². The molecule has 43 heavy (non-hydrogen) atoms. The van der Waals surface area contributed by atoms with Gasteiger partial charge in [-0.3, -0.25) is 14.5 Å². The third kappa shape index (κ3) is 8.72. The van der Waals surface area contributed by atoms with Crippen LogP contribution in [0.2, 0.25) is 0 Å². The van der Waals surface area contributed by atoms with Crippen molar-refractivity contribution in [3.05, 3.63) is 101 Å². The minimum Gasteiger partial charge on any atom is -0.481 e. The molecule has 1 aliphatic heterocycles. The van der Waals surface area contributed by atoms with Crippen LogP contribution in [-0.2, 0) is 25.7 Å². The van der Waals surface area contributed by atoms with Crippen LogP contribution in [0.4, 0.5) is 5.69 Å². The number of carboxylic acids is 1. The molecule has 1 fully saturated rings. The molecular weight excluding hydrogens is 548 g/mol. The molecule has 9 heteroatoms. The zero-order chi connectivity index (χ0) is 30.9. The van der Waals surface area contributed by atoms with Gasteiger partial charge in [0, 0.05) is 42.6 Å². The Bertz CT molecular complexity index is 1330. The maximum atomic E-state index is 12.4. The van der Waals surface area contributed by atoms with Crippen molar-refractivity contribution in [2.24, 2.45) is 5.92 Å². The molecule has 6 atom stereocenters. The van der Waals surface area contributed by atoms with Crippen molar-refractivity contribution in [1.82, 2.24) is 4.90 Å². The van der Waals surface area contributed by atoms with E-state index in [0.29, 0.717) is 12.2 Å². The van der Waals surface area contributed by atoms with E-state index in [1.165, 1.54) is 0 Å². The highest BCUT2D eigenvalue weighted by Gasteiger charge is 2.39. The number of aliphatic carboxylic acids is 1. The fourth-order valence-corrected chi connectivity index (χ4v) is 5.33. The second-order valence-corrected chi connectivity index (χ2v) is 11.3. The minimum absolute atomic E-state index is 0.0446. The molecule has 0 spiro atoms. The van der Waals surface area contributed by atoms with Gasteiger partial charge < -0.3 is 30.1 Å². The molecule has 0 bridgehead atoms. The van der Waals surface area contributed by atoms with Gasteiger partial charge in [0.15, 0.2) is 6.29 Å². The molecule has 230 valence electrons. The number of anilines is 1. The van der Waals surface area contributed by atoms with Crippen LogP contribution in [0.1, 0.15) is 73.9 Å². The minimum atomic E-state index is -0.930. The van der Waals surface area contributed by atoms with Crippen LogP contribution in [0.3, 0.4) is 0 Å². The van der Waals surface area contributed by atoms with Crippen molar-refractivity contribution in [3.8, 4) is 0 Å². The van der Waals surface area contributed by atoms with Crippen molar-refractivity contribution >= 4 is 17.6 Å². The number of aliphatic hydroxyl groups is 2. The van der Waals surface area contributed by atoms with Crippen LogP contribution in [0.5, 0.6) is 0 Å². The monoisotopic (exact) mass is 590 g/mol. The zero-order valence-corrected chi connectivity index (χ0v) is 24.9. The van der Waals surface area contributed by atoms with Crippen LogP contribution in [0, 0.1) is 5.92 Å². The topological polar surface area (TPSA) is 129 Å². The Balaban J connectivity index is 1.54. The number of amides is 1. The lowest BCUT2D eigenvalue weighted by Crippen LogP contribution is -2.46. The molecule has 1 saturated heterocycles. The lowest BCUT2D eigenvalue weighted by atomic mass is 9.89. The molecule has 0 radical (unpaired) electrons. The Morgan fingerprint density at radius 1 is 0.953 bits per heavy atom. The highest BCUT2D eigenvalue weighted by Crippen LogP contribution is 2.42. The number of nitrogens with one attached hydrogen (secondary N) is 1. The van der Waals surface area contributed by atoms with E-state index >= 15 is 0 Å². The van der Waals surface area contributed by atoms with Gasteiger partial charge in [-0.15, -0.1) is 0 Å². The number of carbonyl (C=O) groups excluding carboxylic acids is 1. The molecule has 4 N–H and O–H groups in total. The fourth-order valence-electron chi connectivity index (χ4n) is 5.33. The van der Waals surface area contributed by atoms with Gasteiger partial charge in [-0.25, -0.2) is 0 Å². The number of nitrogens with zero attached hydrogens (tertiary/aromatic N) is 1. The van der Waals surface area contributed by atoms with Crippen molar-refractivity contribution in [2.75, 3.05) is 18.9 Å². The molecule has 3 aromatic rings.